The zero-order valence-corrected chi connectivity index (χ0v) is 16.0. The minimum atomic E-state index is 0.134. The topological polar surface area (TPSA) is 63.9 Å². The molecule has 1 fully saturated rings. The molecule has 1 aliphatic rings. The van der Waals surface area contributed by atoms with Gasteiger partial charge < -0.3 is 4.90 Å². The number of likely N-dealkylation sites (tertiary alicyclic amines) is 1. The number of aromatic nitrogens is 4. The number of hydrogen-bond donors (Lipinski definition) is 0. The van der Waals surface area contributed by atoms with Gasteiger partial charge in [0.15, 0.2) is 0 Å². The third-order valence-corrected chi connectivity index (χ3v) is 5.64. The van der Waals surface area contributed by atoms with Crippen molar-refractivity contribution < 1.29 is 4.79 Å². The molecule has 2 aromatic carbocycles. The molecule has 138 valence electrons. The highest BCUT2D eigenvalue weighted by molar-refractivity contribution is 7.98. The number of benzene rings is 2. The van der Waals surface area contributed by atoms with Crippen LogP contribution in [-0.4, -0.2) is 44.1 Å². The second-order valence-corrected chi connectivity index (χ2v) is 7.64. The van der Waals surface area contributed by atoms with E-state index < -0.39 is 0 Å². The van der Waals surface area contributed by atoms with Crippen molar-refractivity contribution in [2.24, 2.45) is 0 Å². The van der Waals surface area contributed by atoms with Gasteiger partial charge in [-0.1, -0.05) is 36.0 Å². The van der Waals surface area contributed by atoms with Gasteiger partial charge in [0.2, 0.25) is 5.16 Å². The monoisotopic (exact) mass is 379 g/mol. The van der Waals surface area contributed by atoms with Gasteiger partial charge in [-0.25, -0.2) is 0 Å². The van der Waals surface area contributed by atoms with Gasteiger partial charge in [-0.2, -0.15) is 4.68 Å². The van der Waals surface area contributed by atoms with E-state index in [2.05, 4.69) is 21.6 Å². The van der Waals surface area contributed by atoms with Crippen LogP contribution in [0, 0.1) is 6.92 Å². The van der Waals surface area contributed by atoms with Crippen molar-refractivity contribution >= 4 is 17.7 Å². The fourth-order valence-corrected chi connectivity index (χ4v) is 4.03. The maximum Gasteiger partial charge on any atom is 0.253 e. The summed E-state index contributed by atoms with van der Waals surface area (Å²) in [5, 5.41) is 12.8. The number of thioether (sulfide) groups is 1. The summed E-state index contributed by atoms with van der Waals surface area (Å²) < 4.78 is 1.75. The molecule has 0 saturated carbocycles. The Morgan fingerprint density at radius 3 is 2.63 bits per heavy atom. The highest BCUT2D eigenvalue weighted by Crippen LogP contribution is 2.23. The molecule has 0 N–H and O–H groups in total. The standard InChI is InChI=1S/C20H21N5OS/c1-15-5-4-6-18(13-15)25-20(21-22-23-25)27-14-16-7-9-17(10-8-16)19(26)24-11-2-3-12-24/h4-10,13H,2-3,11-12,14H2,1H3. The third-order valence-electron chi connectivity index (χ3n) is 4.65. The maximum atomic E-state index is 12.4. The van der Waals surface area contributed by atoms with Gasteiger partial charge in [-0.15, -0.1) is 5.10 Å². The van der Waals surface area contributed by atoms with Crippen molar-refractivity contribution in [3.05, 3.63) is 65.2 Å². The zero-order valence-electron chi connectivity index (χ0n) is 15.2. The fourth-order valence-electron chi connectivity index (χ4n) is 3.18. The highest BCUT2D eigenvalue weighted by Gasteiger charge is 2.19. The van der Waals surface area contributed by atoms with Crippen molar-refractivity contribution in [2.75, 3.05) is 13.1 Å². The van der Waals surface area contributed by atoms with Crippen molar-refractivity contribution in [1.82, 2.24) is 25.1 Å². The van der Waals surface area contributed by atoms with Crippen molar-refractivity contribution in [3.8, 4) is 5.69 Å². The Morgan fingerprint density at radius 1 is 1.11 bits per heavy atom. The summed E-state index contributed by atoms with van der Waals surface area (Å²) in [6.07, 6.45) is 2.21. The molecule has 2 heterocycles. The van der Waals surface area contributed by atoms with E-state index in [0.29, 0.717) is 0 Å². The van der Waals surface area contributed by atoms with E-state index >= 15 is 0 Å². The molecule has 3 aromatic rings. The second kappa shape index (κ2) is 7.92. The first-order chi connectivity index (χ1) is 13.2. The summed E-state index contributed by atoms with van der Waals surface area (Å²) in [5.41, 5.74) is 4.01. The summed E-state index contributed by atoms with van der Waals surface area (Å²) >= 11 is 1.58. The molecule has 6 nitrogen and oxygen atoms in total. The zero-order chi connectivity index (χ0) is 18.6. The van der Waals surface area contributed by atoms with Crippen LogP contribution in [0.4, 0.5) is 0 Å². The molecular formula is C20H21N5OS. The Kier molecular flexibility index (Phi) is 5.20. The molecule has 1 amide bonds. The second-order valence-electron chi connectivity index (χ2n) is 6.70. The van der Waals surface area contributed by atoms with Gasteiger partial charge in [-0.3, -0.25) is 4.79 Å². The molecule has 0 radical (unpaired) electrons. The first-order valence-corrected chi connectivity index (χ1v) is 10.1. The van der Waals surface area contributed by atoms with Crippen molar-refractivity contribution in [1.29, 1.82) is 0 Å². The van der Waals surface area contributed by atoms with Crippen LogP contribution in [0.25, 0.3) is 5.69 Å². The molecule has 1 aliphatic heterocycles. The number of aryl methyl sites for hydroxylation is 1. The molecule has 1 aromatic heterocycles. The number of rotatable bonds is 5. The van der Waals surface area contributed by atoms with E-state index in [1.165, 1.54) is 0 Å². The first kappa shape index (κ1) is 17.7. The summed E-state index contributed by atoms with van der Waals surface area (Å²) in [6.45, 7) is 3.79. The predicted octanol–water partition coefficient (Wildman–Crippen LogP) is 3.50. The molecule has 0 atom stereocenters. The molecule has 0 spiro atoms. The Balaban J connectivity index is 1.42. The van der Waals surface area contributed by atoms with Crippen LogP contribution in [0.3, 0.4) is 0 Å². The number of amides is 1. The van der Waals surface area contributed by atoms with Gasteiger partial charge in [-0.05, 0) is 65.6 Å². The number of tetrazole rings is 1. The van der Waals surface area contributed by atoms with E-state index in [0.717, 1.165) is 59.2 Å². The lowest BCUT2D eigenvalue weighted by atomic mass is 10.1. The van der Waals surface area contributed by atoms with E-state index in [9.17, 15) is 4.79 Å². The maximum absolute atomic E-state index is 12.4. The molecule has 0 aliphatic carbocycles. The lowest BCUT2D eigenvalue weighted by molar-refractivity contribution is 0.0793. The number of carbonyl (C=O) groups is 1. The smallest absolute Gasteiger partial charge is 0.253 e. The highest BCUT2D eigenvalue weighted by atomic mass is 32.2. The summed E-state index contributed by atoms with van der Waals surface area (Å²) in [7, 11) is 0. The van der Waals surface area contributed by atoms with E-state index in [-0.39, 0.29) is 5.91 Å². The largest absolute Gasteiger partial charge is 0.339 e. The average Bonchev–Trinajstić information content (AvgIpc) is 3.38. The van der Waals surface area contributed by atoms with Crippen LogP contribution < -0.4 is 0 Å². The summed E-state index contributed by atoms with van der Waals surface area (Å²) in [4.78, 5) is 14.4. The molecule has 27 heavy (non-hydrogen) atoms. The molecule has 1 saturated heterocycles. The molecule has 7 heteroatoms. The number of carbonyl (C=O) groups excluding carboxylic acids is 1. The van der Waals surface area contributed by atoms with Crippen LogP contribution in [0.15, 0.2) is 53.7 Å². The fraction of sp³-hybridized carbons (Fsp3) is 0.300. The van der Waals surface area contributed by atoms with Crippen molar-refractivity contribution in [2.45, 2.75) is 30.7 Å². The summed E-state index contributed by atoms with van der Waals surface area (Å²) in [6, 6.07) is 15.9. The lowest BCUT2D eigenvalue weighted by Crippen LogP contribution is -2.27. The molecule has 4 rings (SSSR count). The van der Waals surface area contributed by atoms with Crippen LogP contribution in [0.2, 0.25) is 0 Å². The van der Waals surface area contributed by atoms with Crippen molar-refractivity contribution in [3.63, 3.8) is 0 Å². The van der Waals surface area contributed by atoms with E-state index in [1.54, 1.807) is 16.4 Å². The number of hydrogen-bond acceptors (Lipinski definition) is 5. The van der Waals surface area contributed by atoms with Crippen LogP contribution in [-0.2, 0) is 5.75 Å². The summed E-state index contributed by atoms with van der Waals surface area (Å²) in [5.74, 6) is 0.875. The third kappa shape index (κ3) is 4.03. The molecule has 0 unspecified atom stereocenters. The quantitative estimate of drug-likeness (QED) is 0.635. The van der Waals surface area contributed by atoms with E-state index in [1.807, 2.05) is 54.3 Å². The SMILES string of the molecule is Cc1cccc(-n2nnnc2SCc2ccc(C(=O)N3CCCC3)cc2)c1. The molecule has 0 bridgehead atoms. The predicted molar refractivity (Wildman–Crippen MR) is 105 cm³/mol. The lowest BCUT2D eigenvalue weighted by Gasteiger charge is -2.15. The molecular weight excluding hydrogens is 358 g/mol. The van der Waals surface area contributed by atoms with Gasteiger partial charge in [0, 0.05) is 24.4 Å². The Morgan fingerprint density at radius 2 is 1.89 bits per heavy atom. The van der Waals surface area contributed by atoms with E-state index in [4.69, 9.17) is 0 Å². The average molecular weight is 379 g/mol. The Hall–Kier alpha value is -2.67. The number of nitrogens with zero attached hydrogens (tertiary/aromatic N) is 5. The van der Waals surface area contributed by atoms with Crippen LogP contribution in [0.5, 0.6) is 0 Å². The van der Waals surface area contributed by atoms with Crippen LogP contribution >= 0.6 is 11.8 Å². The normalized spacial score (nSPS) is 13.9. The Labute approximate surface area is 162 Å². The minimum Gasteiger partial charge on any atom is -0.339 e. The van der Waals surface area contributed by atoms with Gasteiger partial charge in [0.05, 0.1) is 5.69 Å². The van der Waals surface area contributed by atoms with Gasteiger partial charge in [0.1, 0.15) is 0 Å². The Bertz CT molecular complexity index is 932. The van der Waals surface area contributed by atoms with Gasteiger partial charge >= 0.3 is 0 Å². The minimum absolute atomic E-state index is 0.134. The first-order valence-electron chi connectivity index (χ1n) is 9.07. The van der Waals surface area contributed by atoms with Crippen LogP contribution in [0.1, 0.15) is 34.3 Å². The van der Waals surface area contributed by atoms with Gasteiger partial charge in [0.25, 0.3) is 5.91 Å².